The molecule has 0 amide bonds. The predicted molar refractivity (Wildman–Crippen MR) is 532 cm³/mol. The Balaban J connectivity index is 0.000000164. The quantitative estimate of drug-likeness (QED) is 0.0953. The van der Waals surface area contributed by atoms with Crippen molar-refractivity contribution >= 4 is 65.4 Å². The van der Waals surface area contributed by atoms with E-state index in [9.17, 15) is 0 Å². The van der Waals surface area contributed by atoms with Crippen LogP contribution in [-0.4, -0.2) is 73.5 Å². The molecule has 0 spiro atoms. The minimum atomic E-state index is -0.696. The summed E-state index contributed by atoms with van der Waals surface area (Å²) in [6.45, 7) is 4.57. The molecule has 0 saturated heterocycles. The minimum absolute atomic E-state index is 0.0352. The average Bonchev–Trinajstić information content (AvgIpc) is 1.54. The summed E-state index contributed by atoms with van der Waals surface area (Å²) in [7, 11) is 0. The van der Waals surface area contributed by atoms with Crippen molar-refractivity contribution in [3.05, 3.63) is 441 Å². The van der Waals surface area contributed by atoms with Crippen LogP contribution in [-0.2, 0) is 5.41 Å². The van der Waals surface area contributed by atoms with E-state index < -0.39 is 132 Å². The minimum Gasteiger partial charge on any atom is -0.309 e. The molecule has 15 nitrogen and oxygen atoms in total. The Kier molecular flexibility index (Phi) is 14.6. The van der Waals surface area contributed by atoms with E-state index in [0.717, 1.165) is 49.6 Å². The van der Waals surface area contributed by atoms with Crippen molar-refractivity contribution in [2.75, 3.05) is 0 Å². The largest absolute Gasteiger partial charge is 0.309 e. The first-order valence-corrected chi connectivity index (χ1v) is 42.5. The molecule has 15 heteroatoms. The van der Waals surface area contributed by atoms with E-state index in [-0.39, 0.29) is 63.4 Å². The van der Waals surface area contributed by atoms with Gasteiger partial charge in [-0.15, -0.1) is 0 Å². The molecule has 132 heavy (non-hydrogen) atoms. The molecular formula is C117H77N15. The molecule has 0 bridgehead atoms. The molecule has 0 aliphatic heterocycles. The van der Waals surface area contributed by atoms with Gasteiger partial charge >= 0.3 is 0 Å². The molecule has 24 aromatic rings. The highest BCUT2D eigenvalue weighted by Crippen LogP contribution is 2.52. The SMILES string of the molecule is [2H]c1c([2H])c([2H])c(-c2nc(-c3cc(-c4nc(-c5ccccc5)nc(-c5ccccc5)n4)ccc3-n3c4ccccc4c4cc5c(cc43)c3ccccc3n5-c3c([2H])c([2H])c([2H])c([2H])c3[2H])nc(-c3c([2H])c([2H])c([2H])c([2H])c3[2H])n2)c([2H])c1[2H].[2H]c1c([2H])c([2H])c(-c2nc(-c3ccccc3)nc(-c3cc(-c4nc(-c5ccccc5)nc(-c5ccccc5)n4)ccc3-n3c4ccccc4c4cc5c(cc43)-c3ccccc3C5(C)C)n2)c([2H])c1[2H]. The van der Waals surface area contributed by atoms with Crippen molar-refractivity contribution in [1.29, 1.82) is 0 Å². The maximum absolute atomic E-state index is 9.09. The molecule has 0 unspecified atom stereocenters. The fourth-order valence-corrected chi connectivity index (χ4v) is 17.8. The fraction of sp³-hybridized carbons (Fsp3) is 0.0256. The third-order valence-electron chi connectivity index (χ3n) is 23.9. The Morgan fingerprint density at radius 1 is 0.189 bits per heavy atom. The van der Waals surface area contributed by atoms with Gasteiger partial charge in [0.1, 0.15) is 0 Å². The van der Waals surface area contributed by atoms with Gasteiger partial charge in [-0.05, 0) is 113 Å². The van der Waals surface area contributed by atoms with Crippen molar-refractivity contribution < 1.29 is 27.4 Å². The number of para-hydroxylation sites is 4. The third-order valence-corrected chi connectivity index (χ3v) is 23.9. The second-order valence-corrected chi connectivity index (χ2v) is 32.0. The van der Waals surface area contributed by atoms with Crippen LogP contribution in [0.1, 0.15) is 52.4 Å². The molecule has 0 fully saturated rings. The van der Waals surface area contributed by atoms with Crippen LogP contribution < -0.4 is 0 Å². The predicted octanol–water partition coefficient (Wildman–Crippen LogP) is 27.7. The van der Waals surface area contributed by atoms with Crippen molar-refractivity contribution in [1.82, 2.24) is 73.5 Å². The number of aromatic nitrogens is 15. The second kappa shape index (κ2) is 32.6. The molecule has 7 aromatic heterocycles. The van der Waals surface area contributed by atoms with Gasteiger partial charge in [-0.1, -0.05) is 353 Å². The number of benzene rings is 17. The van der Waals surface area contributed by atoms with Crippen LogP contribution in [0.3, 0.4) is 0 Å². The Labute approximate surface area is 788 Å². The highest BCUT2D eigenvalue weighted by Gasteiger charge is 2.37. The van der Waals surface area contributed by atoms with Gasteiger partial charge < -0.3 is 13.7 Å². The monoisotopic (exact) mass is 1710 g/mol. The summed E-state index contributed by atoms with van der Waals surface area (Å²) < 4.78 is 181. The van der Waals surface area contributed by atoms with Crippen molar-refractivity contribution in [3.8, 4) is 165 Å². The lowest BCUT2D eigenvalue weighted by Gasteiger charge is -2.21. The van der Waals surface area contributed by atoms with E-state index in [1.54, 1.807) is 28.8 Å². The van der Waals surface area contributed by atoms with Gasteiger partial charge in [0.25, 0.3) is 0 Å². The standard InChI is InChI=1S/C60H38N8.C57H39N7/c1-6-20-39(21-7-1)55-61-56(40-22-8-2-9-23-40)64-59(63-55)43-34-35-52(49(36-43)60-65-57(41-24-10-3-11-25-41)62-58(66-60)42-26-12-4-13-27-42)68-51-33-19-17-31-46(51)48-37-53-47(38-54(48)68)45-30-16-18-32-50(45)67(53)44-28-14-5-15-29-44;1-57(2)46-29-17-15-27-41(46)43-35-50-44(34-47(43)57)42-28-16-18-30-48(42)64(50)49-32-31-40(55-60-51(36-19-7-3-8-20-36)58-52(61-55)37-21-9-4-10-22-37)33-45(49)56-62-53(38-23-11-5-12-24-38)59-54(63-56)39-25-13-6-14-26-39/h1-38H;3-35H,1-2H3/i3D,4D,5D,10D,11D,12D,13D,14D,15D,24D,25D,26D,27D,28D,29D;5D,11D,12D,23D,24D. The average molecular weight is 1710 g/mol. The van der Waals surface area contributed by atoms with Crippen molar-refractivity contribution in [2.45, 2.75) is 19.3 Å². The molecule has 25 rings (SSSR count). The van der Waals surface area contributed by atoms with Crippen molar-refractivity contribution in [2.24, 2.45) is 0 Å². The highest BCUT2D eigenvalue weighted by molar-refractivity contribution is 6.19. The lowest BCUT2D eigenvalue weighted by molar-refractivity contribution is 0.661. The van der Waals surface area contributed by atoms with Crippen LogP contribution in [0.15, 0.2) is 430 Å². The Bertz CT molecular complexity index is 9620. The zero-order valence-corrected chi connectivity index (χ0v) is 70.2. The first kappa shape index (κ1) is 59.2. The second-order valence-electron chi connectivity index (χ2n) is 32.0. The first-order valence-electron chi connectivity index (χ1n) is 52.5. The lowest BCUT2D eigenvalue weighted by Crippen LogP contribution is -2.14. The molecule has 0 radical (unpaired) electrons. The topological polar surface area (TPSA) is 169 Å². The van der Waals surface area contributed by atoms with Crippen molar-refractivity contribution in [3.63, 3.8) is 0 Å². The molecule has 1 aliphatic rings. The van der Waals surface area contributed by atoms with Crippen LogP contribution >= 0.6 is 0 Å². The molecule has 0 atom stereocenters. The zero-order chi connectivity index (χ0) is 105. The molecule has 0 saturated carbocycles. The smallest absolute Gasteiger partial charge is 0.166 e. The highest BCUT2D eigenvalue weighted by atomic mass is 15.1. The van der Waals surface area contributed by atoms with Crippen LogP contribution in [0.2, 0.25) is 0 Å². The van der Waals surface area contributed by atoms with Gasteiger partial charge in [0.05, 0.1) is 71.9 Å². The lowest BCUT2D eigenvalue weighted by atomic mass is 9.82. The van der Waals surface area contributed by atoms with Gasteiger partial charge in [0, 0.05) is 110 Å². The Morgan fingerprint density at radius 3 is 0.841 bits per heavy atom. The van der Waals surface area contributed by atoms with E-state index in [1.807, 2.05) is 235 Å². The summed E-state index contributed by atoms with van der Waals surface area (Å²) in [5.41, 5.74) is 14.5. The molecule has 17 aromatic carbocycles. The van der Waals surface area contributed by atoms with Crippen LogP contribution in [0, 0.1) is 0 Å². The van der Waals surface area contributed by atoms with Crippen LogP contribution in [0.25, 0.3) is 230 Å². The number of nitrogens with zero attached hydrogens (tertiary/aromatic N) is 15. The van der Waals surface area contributed by atoms with E-state index in [1.165, 1.54) is 16.7 Å². The first-order chi connectivity index (χ1) is 73.5. The molecule has 620 valence electrons. The third kappa shape index (κ3) is 13.9. The van der Waals surface area contributed by atoms with E-state index in [2.05, 4.69) is 78.0 Å². The summed E-state index contributed by atoms with van der Waals surface area (Å²) in [5, 5.41) is 4.90. The molecule has 0 N–H and O–H groups in total. The van der Waals surface area contributed by atoms with Gasteiger partial charge in [-0.2, -0.15) is 0 Å². The summed E-state index contributed by atoms with van der Waals surface area (Å²) in [6.07, 6.45) is 0. The molecular weight excluding hydrogens is 1620 g/mol. The van der Waals surface area contributed by atoms with Gasteiger partial charge in [-0.3, -0.25) is 0 Å². The number of hydrogen-bond acceptors (Lipinski definition) is 12. The normalized spacial score (nSPS) is 14.2. The van der Waals surface area contributed by atoms with E-state index in [4.69, 9.17) is 82.2 Å². The summed E-state index contributed by atoms with van der Waals surface area (Å²) in [4.78, 5) is 59.6. The van der Waals surface area contributed by atoms with Gasteiger partial charge in [0.2, 0.25) is 0 Å². The molecule has 1 aliphatic carbocycles. The number of rotatable bonds is 15. The Hall–Kier alpha value is -17.8. The molecule has 7 heterocycles. The summed E-state index contributed by atoms with van der Waals surface area (Å²) in [5.74, 6) is 1.58. The summed E-state index contributed by atoms with van der Waals surface area (Å²) >= 11 is 0. The van der Waals surface area contributed by atoms with E-state index in [0.29, 0.717) is 106 Å². The maximum atomic E-state index is 9.09. The zero-order valence-electron chi connectivity index (χ0n) is 90.2. The maximum Gasteiger partial charge on any atom is 0.166 e. The van der Waals surface area contributed by atoms with Gasteiger partial charge in [0.15, 0.2) is 69.9 Å². The van der Waals surface area contributed by atoms with Gasteiger partial charge in [-0.25, -0.2) is 59.8 Å². The van der Waals surface area contributed by atoms with Crippen LogP contribution in [0.5, 0.6) is 0 Å². The number of hydrogen-bond donors (Lipinski definition) is 0. The van der Waals surface area contributed by atoms with E-state index >= 15 is 0 Å². The number of fused-ring (bicyclic) bond motifs is 12. The fourth-order valence-electron chi connectivity index (χ4n) is 17.8. The van der Waals surface area contributed by atoms with Crippen LogP contribution in [0.4, 0.5) is 0 Å². The Morgan fingerprint density at radius 2 is 0.470 bits per heavy atom. The summed E-state index contributed by atoms with van der Waals surface area (Å²) in [6, 6.07) is 87.9.